The second-order valence-electron chi connectivity index (χ2n) is 6.62. The highest BCUT2D eigenvalue weighted by atomic mass is 16.1. The van der Waals surface area contributed by atoms with Gasteiger partial charge in [0.15, 0.2) is 0 Å². The van der Waals surface area contributed by atoms with E-state index < -0.39 is 0 Å². The third kappa shape index (κ3) is 4.01. The third-order valence-corrected chi connectivity index (χ3v) is 4.91. The van der Waals surface area contributed by atoms with Crippen molar-refractivity contribution in [2.45, 2.75) is 44.6 Å². The average Bonchev–Trinajstić information content (AvgIpc) is 2.57. The summed E-state index contributed by atoms with van der Waals surface area (Å²) in [5.41, 5.74) is 2.76. The van der Waals surface area contributed by atoms with Crippen LogP contribution in [0.25, 0.3) is 0 Å². The number of hydrogen-bond acceptors (Lipinski definition) is 1. The highest BCUT2D eigenvalue weighted by Gasteiger charge is 2.30. The Morgan fingerprint density at radius 3 is 2.04 bits per heavy atom. The second-order valence-corrected chi connectivity index (χ2v) is 6.62. The minimum absolute atomic E-state index is 0.0895. The molecule has 2 aromatic rings. The molecule has 2 heteroatoms. The molecule has 2 nitrogen and oxygen atoms in total. The Morgan fingerprint density at radius 2 is 1.52 bits per heavy atom. The number of rotatable bonds is 4. The fourth-order valence-corrected chi connectivity index (χ4v) is 4.01. The van der Waals surface area contributed by atoms with Gasteiger partial charge in [0, 0.05) is 18.9 Å². The maximum atomic E-state index is 11.4. The Bertz CT molecular complexity index is 583. The van der Waals surface area contributed by atoms with E-state index >= 15 is 0 Å². The van der Waals surface area contributed by atoms with E-state index in [1.54, 1.807) is 6.92 Å². The van der Waals surface area contributed by atoms with Gasteiger partial charge in [-0.15, -0.1) is 0 Å². The first-order valence-corrected chi connectivity index (χ1v) is 8.61. The zero-order valence-electron chi connectivity index (χ0n) is 13.7. The van der Waals surface area contributed by atoms with E-state index in [4.69, 9.17) is 0 Å². The van der Waals surface area contributed by atoms with Crippen molar-refractivity contribution in [3.05, 3.63) is 71.8 Å². The fraction of sp³-hybridized carbons (Fsp3) is 0.381. The number of benzene rings is 2. The SMILES string of the molecule is CC(=O)N[C@@H]1CCC[C@H](C(c2ccccc2)c2ccccc2)C1. The van der Waals surface area contributed by atoms with Crippen molar-refractivity contribution in [3.63, 3.8) is 0 Å². The minimum Gasteiger partial charge on any atom is -0.354 e. The summed E-state index contributed by atoms with van der Waals surface area (Å²) in [6.45, 7) is 1.62. The summed E-state index contributed by atoms with van der Waals surface area (Å²) >= 11 is 0. The summed E-state index contributed by atoms with van der Waals surface area (Å²) < 4.78 is 0. The van der Waals surface area contributed by atoms with E-state index in [1.165, 1.54) is 24.0 Å². The van der Waals surface area contributed by atoms with Crippen LogP contribution in [0.3, 0.4) is 0 Å². The molecule has 23 heavy (non-hydrogen) atoms. The first kappa shape index (κ1) is 15.8. The maximum absolute atomic E-state index is 11.4. The number of nitrogens with one attached hydrogen (secondary N) is 1. The van der Waals surface area contributed by atoms with E-state index in [9.17, 15) is 4.79 Å². The summed E-state index contributed by atoms with van der Waals surface area (Å²) in [5, 5.41) is 3.13. The van der Waals surface area contributed by atoms with Gasteiger partial charge in [-0.1, -0.05) is 67.1 Å². The van der Waals surface area contributed by atoms with Crippen molar-refractivity contribution in [2.75, 3.05) is 0 Å². The van der Waals surface area contributed by atoms with Gasteiger partial charge in [0.1, 0.15) is 0 Å². The van der Waals surface area contributed by atoms with Crippen LogP contribution in [0.1, 0.15) is 49.7 Å². The number of amides is 1. The zero-order chi connectivity index (χ0) is 16.1. The van der Waals surface area contributed by atoms with Crippen molar-refractivity contribution in [1.82, 2.24) is 5.32 Å². The van der Waals surface area contributed by atoms with Crippen LogP contribution in [0.15, 0.2) is 60.7 Å². The summed E-state index contributed by atoms with van der Waals surface area (Å²) in [6, 6.07) is 21.9. The molecule has 1 aliphatic carbocycles. The molecule has 1 aliphatic rings. The maximum Gasteiger partial charge on any atom is 0.217 e. The van der Waals surface area contributed by atoms with Gasteiger partial charge in [-0.05, 0) is 36.3 Å². The van der Waals surface area contributed by atoms with Crippen molar-refractivity contribution in [2.24, 2.45) is 5.92 Å². The molecule has 1 saturated carbocycles. The van der Waals surface area contributed by atoms with Crippen LogP contribution in [0.5, 0.6) is 0 Å². The number of hydrogen-bond donors (Lipinski definition) is 1. The van der Waals surface area contributed by atoms with Crippen molar-refractivity contribution < 1.29 is 4.79 Å². The monoisotopic (exact) mass is 307 g/mol. The average molecular weight is 307 g/mol. The lowest BCUT2D eigenvalue weighted by molar-refractivity contribution is -0.119. The standard InChI is InChI=1S/C21H25NO/c1-16(23)22-20-14-8-13-19(15-20)21(17-9-4-2-5-10-17)18-11-6-3-7-12-18/h2-7,9-12,19-21H,8,13-15H2,1H3,(H,22,23)/t19-,20+/m0/s1. The van der Waals surface area contributed by atoms with Gasteiger partial charge in [-0.25, -0.2) is 0 Å². The highest BCUT2D eigenvalue weighted by Crippen LogP contribution is 2.40. The smallest absolute Gasteiger partial charge is 0.217 e. The van der Waals surface area contributed by atoms with E-state index in [-0.39, 0.29) is 5.91 Å². The highest BCUT2D eigenvalue weighted by molar-refractivity contribution is 5.73. The quantitative estimate of drug-likeness (QED) is 0.884. The molecule has 0 bridgehead atoms. The van der Waals surface area contributed by atoms with Gasteiger partial charge in [0.2, 0.25) is 5.91 Å². The Labute approximate surface area is 138 Å². The lowest BCUT2D eigenvalue weighted by Gasteiger charge is -2.35. The third-order valence-electron chi connectivity index (χ3n) is 4.91. The van der Waals surface area contributed by atoms with E-state index in [0.717, 1.165) is 12.8 Å². The number of carbonyl (C=O) groups is 1. The summed E-state index contributed by atoms with van der Waals surface area (Å²) in [7, 11) is 0. The van der Waals surface area contributed by atoms with Crippen LogP contribution in [-0.2, 0) is 4.79 Å². The first-order valence-electron chi connectivity index (χ1n) is 8.61. The van der Waals surface area contributed by atoms with E-state index in [0.29, 0.717) is 17.9 Å². The lowest BCUT2D eigenvalue weighted by atomic mass is 9.72. The largest absolute Gasteiger partial charge is 0.354 e. The zero-order valence-corrected chi connectivity index (χ0v) is 13.7. The number of carbonyl (C=O) groups excluding carboxylic acids is 1. The molecule has 120 valence electrons. The molecular formula is C21H25NO. The van der Waals surface area contributed by atoms with Gasteiger partial charge in [0.25, 0.3) is 0 Å². The molecule has 0 heterocycles. The van der Waals surface area contributed by atoms with Crippen molar-refractivity contribution >= 4 is 5.91 Å². The van der Waals surface area contributed by atoms with Crippen molar-refractivity contribution in [1.29, 1.82) is 0 Å². The Hall–Kier alpha value is -2.09. The predicted molar refractivity (Wildman–Crippen MR) is 94.3 cm³/mol. The molecule has 2 atom stereocenters. The van der Waals surface area contributed by atoms with Crippen molar-refractivity contribution in [3.8, 4) is 0 Å². The molecule has 0 spiro atoms. The molecule has 1 fully saturated rings. The van der Waals surface area contributed by atoms with Crippen LogP contribution < -0.4 is 5.32 Å². The lowest BCUT2D eigenvalue weighted by Crippen LogP contribution is -2.38. The molecule has 0 radical (unpaired) electrons. The van der Waals surface area contributed by atoms with Gasteiger partial charge >= 0.3 is 0 Å². The minimum atomic E-state index is 0.0895. The Balaban J connectivity index is 1.88. The van der Waals surface area contributed by atoms with E-state index in [1.807, 2.05) is 0 Å². The molecule has 0 aromatic heterocycles. The topological polar surface area (TPSA) is 29.1 Å². The fourth-order valence-electron chi connectivity index (χ4n) is 4.01. The van der Waals surface area contributed by atoms with Crippen LogP contribution >= 0.6 is 0 Å². The van der Waals surface area contributed by atoms with Gasteiger partial charge in [-0.3, -0.25) is 4.79 Å². The van der Waals surface area contributed by atoms with Crippen LogP contribution in [0.2, 0.25) is 0 Å². The first-order chi connectivity index (χ1) is 11.2. The van der Waals surface area contributed by atoms with E-state index in [2.05, 4.69) is 66.0 Å². The molecule has 1 amide bonds. The van der Waals surface area contributed by atoms with Gasteiger partial charge < -0.3 is 5.32 Å². The molecule has 1 N–H and O–H groups in total. The van der Waals surface area contributed by atoms with Gasteiger partial charge in [0.05, 0.1) is 0 Å². The molecular weight excluding hydrogens is 282 g/mol. The van der Waals surface area contributed by atoms with Crippen LogP contribution in [0.4, 0.5) is 0 Å². The normalized spacial score (nSPS) is 21.1. The molecule has 0 aliphatic heterocycles. The molecule has 3 rings (SSSR count). The summed E-state index contributed by atoms with van der Waals surface area (Å²) in [4.78, 5) is 11.4. The summed E-state index contributed by atoms with van der Waals surface area (Å²) in [5.74, 6) is 1.07. The predicted octanol–water partition coefficient (Wildman–Crippen LogP) is 4.51. The molecule has 2 aromatic carbocycles. The van der Waals surface area contributed by atoms with Crippen LogP contribution in [-0.4, -0.2) is 11.9 Å². The van der Waals surface area contributed by atoms with Gasteiger partial charge in [-0.2, -0.15) is 0 Å². The second kappa shape index (κ2) is 7.45. The summed E-state index contributed by atoms with van der Waals surface area (Å²) in [6.07, 6.45) is 4.58. The Kier molecular flexibility index (Phi) is 5.12. The molecule has 0 saturated heterocycles. The van der Waals surface area contributed by atoms with Crippen LogP contribution in [0, 0.1) is 5.92 Å². The molecule has 0 unspecified atom stereocenters. The Morgan fingerprint density at radius 1 is 0.957 bits per heavy atom.